The molecule has 0 N–H and O–H groups in total. The van der Waals surface area contributed by atoms with Gasteiger partial charge >= 0.3 is 0 Å². The van der Waals surface area contributed by atoms with E-state index in [0.717, 1.165) is 61.0 Å². The molecule has 24 rings (SSSR count). The van der Waals surface area contributed by atoms with Crippen LogP contribution in [0.25, 0.3) is 164 Å². The molecule has 21 aromatic carbocycles. The van der Waals surface area contributed by atoms with Crippen LogP contribution in [0.1, 0.15) is 5.56 Å². The molecular weight excluding hydrogens is 1450 g/mol. The van der Waals surface area contributed by atoms with Crippen LogP contribution in [0.15, 0.2) is 424 Å². The van der Waals surface area contributed by atoms with E-state index in [1.165, 1.54) is 172 Å². The molecule has 0 saturated heterocycles. The molecule has 0 amide bonds. The van der Waals surface area contributed by atoms with Gasteiger partial charge in [0.2, 0.25) is 0 Å². The zero-order chi connectivity index (χ0) is 76.0. The molecule has 0 radical (unpaired) electrons. The average Bonchev–Trinajstić information content (AvgIpc) is 0.749. The van der Waals surface area contributed by atoms with E-state index in [9.17, 15) is 0 Å². The second-order valence-corrected chi connectivity index (χ2v) is 33.0. The molecule has 540 valence electrons. The second-order valence-electron chi connectivity index (χ2n) is 29.7. The Hall–Kier alpha value is -13.6. The van der Waals surface area contributed by atoms with Gasteiger partial charge in [-0.1, -0.05) is 320 Å². The molecule has 21 aromatic rings. The van der Waals surface area contributed by atoms with Gasteiger partial charge in [0.1, 0.15) is 11.5 Å². The molecule has 0 unspecified atom stereocenters. The Bertz CT molecular complexity index is 7190. The number of hydrogen-bond donors (Lipinski definition) is 0. The Balaban J connectivity index is 0.000000105. The minimum Gasteiger partial charge on any atom is -0.455 e. The van der Waals surface area contributed by atoms with Crippen molar-refractivity contribution in [2.24, 2.45) is 0 Å². The lowest BCUT2D eigenvalue weighted by molar-refractivity contribution is 0.360. The highest BCUT2D eigenvalue weighted by atomic mass is 32.2. The summed E-state index contributed by atoms with van der Waals surface area (Å²) < 4.78 is 18.5. The summed E-state index contributed by atoms with van der Waals surface area (Å²) in [6.07, 6.45) is 0. The number of aryl methyl sites for hydroxylation is 1. The maximum absolute atomic E-state index is 6.29. The van der Waals surface area contributed by atoms with Crippen molar-refractivity contribution in [1.82, 2.24) is 0 Å². The molecular formula is C109H68O3S3. The maximum Gasteiger partial charge on any atom is 0.170 e. The Labute approximate surface area is 678 Å². The third-order valence-corrected chi connectivity index (χ3v) is 26.4. The van der Waals surface area contributed by atoms with E-state index < -0.39 is 0 Å². The van der Waals surface area contributed by atoms with E-state index in [0.29, 0.717) is 0 Å². The molecule has 0 spiro atoms. The molecule has 3 aliphatic rings. The molecule has 3 aliphatic heterocycles. The van der Waals surface area contributed by atoms with Gasteiger partial charge < -0.3 is 14.2 Å². The van der Waals surface area contributed by atoms with E-state index in [4.69, 9.17) is 14.2 Å². The van der Waals surface area contributed by atoms with Gasteiger partial charge in [0, 0.05) is 19.6 Å². The van der Waals surface area contributed by atoms with Crippen molar-refractivity contribution in [2.45, 2.75) is 36.3 Å². The number of ether oxygens (including phenoxy) is 3. The highest BCUT2D eigenvalue weighted by Gasteiger charge is 2.23. The van der Waals surface area contributed by atoms with Crippen LogP contribution in [0, 0.1) is 6.92 Å². The van der Waals surface area contributed by atoms with Crippen LogP contribution < -0.4 is 14.2 Å². The zero-order valence-electron chi connectivity index (χ0n) is 62.5. The first kappa shape index (κ1) is 68.2. The van der Waals surface area contributed by atoms with E-state index in [2.05, 4.69) is 359 Å². The normalized spacial score (nSPS) is 12.3. The summed E-state index contributed by atoms with van der Waals surface area (Å²) in [5.41, 5.74) is 15.7. The topological polar surface area (TPSA) is 27.7 Å². The molecule has 0 bridgehead atoms. The summed E-state index contributed by atoms with van der Waals surface area (Å²) in [7, 11) is 0. The van der Waals surface area contributed by atoms with Gasteiger partial charge in [0.25, 0.3) is 0 Å². The summed E-state index contributed by atoms with van der Waals surface area (Å²) in [5, 5.41) is 23.4. The van der Waals surface area contributed by atoms with Crippen LogP contribution in [0.2, 0.25) is 0 Å². The van der Waals surface area contributed by atoms with Crippen molar-refractivity contribution in [2.75, 3.05) is 0 Å². The lowest BCUT2D eigenvalue weighted by Crippen LogP contribution is -1.98. The number of para-hydroxylation sites is 3. The van der Waals surface area contributed by atoms with Crippen molar-refractivity contribution in [3.8, 4) is 101 Å². The van der Waals surface area contributed by atoms with Crippen LogP contribution in [0.3, 0.4) is 0 Å². The minimum absolute atomic E-state index is 0.732. The van der Waals surface area contributed by atoms with Crippen LogP contribution in [0.4, 0.5) is 0 Å². The molecule has 0 aliphatic carbocycles. The molecule has 3 heterocycles. The van der Waals surface area contributed by atoms with Crippen LogP contribution in [-0.2, 0) is 0 Å². The monoisotopic (exact) mass is 1520 g/mol. The van der Waals surface area contributed by atoms with Gasteiger partial charge in [-0.05, 0) is 285 Å². The molecule has 3 nitrogen and oxygen atoms in total. The van der Waals surface area contributed by atoms with Crippen LogP contribution in [-0.4, -0.2) is 0 Å². The standard InChI is InChI=1S/C37H24OS.C36H22O2.C36H22S2/c1-23-18-26(20-27(19-23)25-15-17-37-35(22-25)38-34-12-6-7-13-36(34)39-37)24-14-16-32-30-10-3-2-8-28(30)29-9-4-5-11-31(29)33(32)21-24;2*1-2-12-29-27(10-1)28-11-3-4-13-30(28)32-21-25(16-18-31(29)32)23-8-7-9-24(20-23)26-17-19-35-36(22-26)38-34-15-6-5-14-33(34)37-35/h2-22H,1H3;2*1-22H. The third-order valence-electron chi connectivity index (χ3n) is 22.7. The fourth-order valence-electron chi connectivity index (χ4n) is 17.3. The second kappa shape index (κ2) is 28.6. The lowest BCUT2D eigenvalue weighted by Gasteiger charge is -2.21. The van der Waals surface area contributed by atoms with E-state index >= 15 is 0 Å². The van der Waals surface area contributed by atoms with Crippen LogP contribution in [0.5, 0.6) is 34.5 Å². The van der Waals surface area contributed by atoms with Crippen molar-refractivity contribution in [3.63, 3.8) is 0 Å². The lowest BCUT2D eigenvalue weighted by atomic mass is 9.91. The molecule has 115 heavy (non-hydrogen) atoms. The highest BCUT2D eigenvalue weighted by molar-refractivity contribution is 8.05. The van der Waals surface area contributed by atoms with Gasteiger partial charge in [-0.3, -0.25) is 0 Å². The minimum atomic E-state index is 0.732. The maximum atomic E-state index is 6.29. The first-order valence-electron chi connectivity index (χ1n) is 38.9. The van der Waals surface area contributed by atoms with Crippen molar-refractivity contribution in [3.05, 3.63) is 400 Å². The number of benzene rings is 21. The smallest absolute Gasteiger partial charge is 0.170 e. The van der Waals surface area contributed by atoms with Gasteiger partial charge in [-0.2, -0.15) is 0 Å². The van der Waals surface area contributed by atoms with Crippen molar-refractivity contribution >= 4 is 132 Å². The number of fused-ring (bicyclic) bond motifs is 24. The molecule has 0 fully saturated rings. The van der Waals surface area contributed by atoms with Gasteiger partial charge in [0.15, 0.2) is 23.0 Å². The zero-order valence-corrected chi connectivity index (χ0v) is 64.9. The van der Waals surface area contributed by atoms with Crippen molar-refractivity contribution in [1.29, 1.82) is 0 Å². The number of hydrogen-bond acceptors (Lipinski definition) is 6. The molecule has 6 heteroatoms. The Morgan fingerprint density at radius 2 is 0.391 bits per heavy atom. The van der Waals surface area contributed by atoms with Crippen molar-refractivity contribution < 1.29 is 14.2 Å². The quantitative estimate of drug-likeness (QED) is 0.154. The van der Waals surface area contributed by atoms with E-state index in [1.54, 1.807) is 11.8 Å². The largest absolute Gasteiger partial charge is 0.455 e. The SMILES string of the molecule is Cc1cc(-c2ccc3c(c2)Oc2ccccc2S3)cc(-c2ccc3c4ccccc4c4ccccc4c3c2)c1.c1cc(-c2ccc3c(c2)Oc2ccccc2O3)cc(-c2ccc3c4ccccc4c4ccccc4c3c2)c1.c1cc(-c2ccc3c(c2)Sc2ccccc2S3)cc(-c2ccc3c4ccccc4c4ccccc4c3c2)c1. The fraction of sp³-hybridized carbons (Fsp3) is 0.00917. The summed E-state index contributed by atoms with van der Waals surface area (Å²) in [5.74, 6) is 4.79. The Morgan fingerprint density at radius 1 is 0.139 bits per heavy atom. The summed E-state index contributed by atoms with van der Waals surface area (Å²) in [6.45, 7) is 2.18. The van der Waals surface area contributed by atoms with Gasteiger partial charge in [0.05, 0.1) is 9.79 Å². The van der Waals surface area contributed by atoms with Crippen LogP contribution >= 0.6 is 35.3 Å². The molecule has 0 aromatic heterocycles. The van der Waals surface area contributed by atoms with Gasteiger partial charge in [-0.25, -0.2) is 0 Å². The summed E-state index contributed by atoms with van der Waals surface area (Å²) in [4.78, 5) is 7.66. The highest BCUT2D eigenvalue weighted by Crippen LogP contribution is 2.53. The molecule has 0 atom stereocenters. The summed E-state index contributed by atoms with van der Waals surface area (Å²) in [6, 6.07) is 142. The number of rotatable bonds is 6. The predicted octanol–water partition coefficient (Wildman–Crippen LogP) is 32.5. The molecule has 0 saturated carbocycles. The summed E-state index contributed by atoms with van der Waals surface area (Å²) >= 11 is 5.51. The van der Waals surface area contributed by atoms with E-state index in [1.807, 2.05) is 66.0 Å². The predicted molar refractivity (Wildman–Crippen MR) is 486 cm³/mol. The Morgan fingerprint density at radius 3 is 0.843 bits per heavy atom. The van der Waals surface area contributed by atoms with Gasteiger partial charge in [-0.15, -0.1) is 0 Å². The van der Waals surface area contributed by atoms with E-state index in [-0.39, 0.29) is 0 Å². The average molecular weight is 1520 g/mol. The fourth-order valence-corrected chi connectivity index (χ4v) is 20.4. The first-order chi connectivity index (χ1) is 56.8. The first-order valence-corrected chi connectivity index (χ1v) is 41.4. The Kier molecular flexibility index (Phi) is 16.9. The third kappa shape index (κ3) is 12.5.